The molecule has 1 aromatic heterocycles. The Morgan fingerprint density at radius 2 is 1.84 bits per heavy atom. The molecule has 0 aliphatic rings. The van der Waals surface area contributed by atoms with E-state index < -0.39 is 0 Å². The van der Waals surface area contributed by atoms with E-state index >= 15 is 0 Å². The van der Waals surface area contributed by atoms with Crippen LogP contribution in [-0.4, -0.2) is 44.2 Å². The Kier molecular flexibility index (Phi) is 5.05. The van der Waals surface area contributed by atoms with Crippen molar-refractivity contribution in [3.8, 4) is 22.8 Å². The number of benzene rings is 2. The van der Waals surface area contributed by atoms with Crippen molar-refractivity contribution in [2.24, 2.45) is 0 Å². The first-order valence-corrected chi connectivity index (χ1v) is 8.19. The first-order valence-electron chi connectivity index (χ1n) is 8.19. The molecule has 25 heavy (non-hydrogen) atoms. The quantitative estimate of drug-likeness (QED) is 0.698. The lowest BCUT2D eigenvalue weighted by molar-refractivity contribution is 0.256. The maximum Gasteiger partial charge on any atom is 0.225 e. The number of anilines is 1. The van der Waals surface area contributed by atoms with Crippen molar-refractivity contribution in [2.75, 3.05) is 40.1 Å². The van der Waals surface area contributed by atoms with Crippen molar-refractivity contribution in [2.45, 2.75) is 0 Å². The van der Waals surface area contributed by atoms with Gasteiger partial charge in [-0.05, 0) is 37.9 Å². The Hall–Kier alpha value is -2.79. The van der Waals surface area contributed by atoms with Gasteiger partial charge >= 0.3 is 0 Å². The number of nitrogen functional groups attached to an aromatic ring is 1. The van der Waals surface area contributed by atoms with E-state index in [1.54, 1.807) is 7.11 Å². The summed E-state index contributed by atoms with van der Waals surface area (Å²) in [6.07, 6.45) is 1.85. The van der Waals surface area contributed by atoms with Crippen LogP contribution in [0.2, 0.25) is 0 Å². The molecule has 0 unspecified atom stereocenters. The van der Waals surface area contributed by atoms with Gasteiger partial charge in [0.2, 0.25) is 5.88 Å². The summed E-state index contributed by atoms with van der Waals surface area (Å²) in [5.74, 6) is 1.34. The molecule has 0 radical (unpaired) electrons. The van der Waals surface area contributed by atoms with Gasteiger partial charge in [0.1, 0.15) is 12.4 Å². The highest BCUT2D eigenvalue weighted by molar-refractivity contribution is 6.02. The fourth-order valence-electron chi connectivity index (χ4n) is 2.73. The topological polar surface area (TPSA) is 60.6 Å². The van der Waals surface area contributed by atoms with Gasteiger partial charge in [0.15, 0.2) is 0 Å². The molecule has 1 heterocycles. The number of fused-ring (bicyclic) bond motifs is 1. The number of ether oxygens (including phenoxy) is 2. The van der Waals surface area contributed by atoms with Crippen LogP contribution in [0.4, 0.5) is 5.69 Å². The van der Waals surface area contributed by atoms with Gasteiger partial charge in [-0.2, -0.15) is 0 Å². The van der Waals surface area contributed by atoms with Crippen molar-refractivity contribution in [1.82, 2.24) is 9.88 Å². The summed E-state index contributed by atoms with van der Waals surface area (Å²) in [4.78, 5) is 6.63. The molecule has 2 N–H and O–H groups in total. The van der Waals surface area contributed by atoms with Crippen LogP contribution in [0.1, 0.15) is 0 Å². The number of pyridine rings is 1. The van der Waals surface area contributed by atoms with E-state index in [2.05, 4.69) is 16.0 Å². The first kappa shape index (κ1) is 17.0. The van der Waals surface area contributed by atoms with Crippen LogP contribution in [0.3, 0.4) is 0 Å². The Bertz CT molecular complexity index is 861. The molecule has 3 rings (SSSR count). The number of nitrogens with two attached hydrogens (primary N) is 1. The van der Waals surface area contributed by atoms with Gasteiger partial charge < -0.3 is 20.1 Å². The van der Waals surface area contributed by atoms with Crippen molar-refractivity contribution < 1.29 is 9.47 Å². The third-order valence-electron chi connectivity index (χ3n) is 4.06. The van der Waals surface area contributed by atoms with Gasteiger partial charge in [-0.1, -0.05) is 24.3 Å². The molecule has 5 heteroatoms. The summed E-state index contributed by atoms with van der Waals surface area (Å²) in [6, 6.07) is 13.7. The molecular formula is C20H23N3O2. The summed E-state index contributed by atoms with van der Waals surface area (Å²) in [5, 5.41) is 1.93. The maximum atomic E-state index is 5.93. The lowest BCUT2D eigenvalue weighted by atomic mass is 10.00. The largest absolute Gasteiger partial charge is 0.496 e. The number of hydrogen-bond donors (Lipinski definition) is 1. The zero-order valence-electron chi connectivity index (χ0n) is 14.8. The molecule has 0 amide bonds. The van der Waals surface area contributed by atoms with E-state index in [0.29, 0.717) is 12.5 Å². The van der Waals surface area contributed by atoms with E-state index in [9.17, 15) is 0 Å². The first-order chi connectivity index (χ1) is 12.1. The summed E-state index contributed by atoms with van der Waals surface area (Å²) in [5.41, 5.74) is 8.62. The SMILES string of the molecule is COc1cccc2c(-c3ccc(N)cc3)cnc(OCCN(C)C)c12. The molecular weight excluding hydrogens is 314 g/mol. The molecule has 0 spiro atoms. The van der Waals surface area contributed by atoms with Crippen molar-refractivity contribution in [1.29, 1.82) is 0 Å². The Morgan fingerprint density at radius 1 is 1.08 bits per heavy atom. The van der Waals surface area contributed by atoms with E-state index in [-0.39, 0.29) is 0 Å². The van der Waals surface area contributed by atoms with Gasteiger partial charge in [-0.15, -0.1) is 0 Å². The highest BCUT2D eigenvalue weighted by Gasteiger charge is 2.14. The Balaban J connectivity index is 2.10. The molecule has 0 bridgehead atoms. The smallest absolute Gasteiger partial charge is 0.225 e. The molecule has 0 fully saturated rings. The van der Waals surface area contributed by atoms with Gasteiger partial charge in [-0.3, -0.25) is 0 Å². The summed E-state index contributed by atoms with van der Waals surface area (Å²) in [6.45, 7) is 1.38. The molecule has 3 aromatic rings. The van der Waals surface area contributed by atoms with Crippen molar-refractivity contribution >= 4 is 16.5 Å². The average Bonchev–Trinajstić information content (AvgIpc) is 2.62. The normalized spacial score (nSPS) is 11.0. The maximum absolute atomic E-state index is 5.93. The fourth-order valence-corrected chi connectivity index (χ4v) is 2.73. The van der Waals surface area contributed by atoms with Gasteiger partial charge in [0.25, 0.3) is 0 Å². The van der Waals surface area contributed by atoms with Crippen molar-refractivity contribution in [3.63, 3.8) is 0 Å². The lowest BCUT2D eigenvalue weighted by Gasteiger charge is -2.15. The predicted molar refractivity (Wildman–Crippen MR) is 102 cm³/mol. The molecule has 0 aliphatic heterocycles. The Labute approximate surface area is 148 Å². The molecule has 2 aromatic carbocycles. The average molecular weight is 337 g/mol. The number of nitrogens with zero attached hydrogens (tertiary/aromatic N) is 2. The number of methoxy groups -OCH3 is 1. The zero-order valence-corrected chi connectivity index (χ0v) is 14.8. The Morgan fingerprint density at radius 3 is 2.52 bits per heavy atom. The number of rotatable bonds is 6. The molecule has 130 valence electrons. The number of hydrogen-bond acceptors (Lipinski definition) is 5. The molecule has 0 saturated heterocycles. The molecule has 5 nitrogen and oxygen atoms in total. The van der Waals surface area contributed by atoms with E-state index in [1.807, 2.05) is 56.7 Å². The second-order valence-electron chi connectivity index (χ2n) is 6.13. The van der Waals surface area contributed by atoms with Crippen LogP contribution in [0.25, 0.3) is 21.9 Å². The predicted octanol–water partition coefficient (Wildman–Crippen LogP) is 3.43. The second kappa shape index (κ2) is 7.40. The monoisotopic (exact) mass is 337 g/mol. The van der Waals surface area contributed by atoms with Crippen LogP contribution in [-0.2, 0) is 0 Å². The number of likely N-dealkylation sites (N-methyl/N-ethyl adjacent to an activating group) is 1. The second-order valence-corrected chi connectivity index (χ2v) is 6.13. The lowest BCUT2D eigenvalue weighted by Crippen LogP contribution is -2.19. The minimum atomic E-state index is 0.564. The van der Waals surface area contributed by atoms with Gasteiger partial charge in [-0.25, -0.2) is 4.98 Å². The highest BCUT2D eigenvalue weighted by Crippen LogP contribution is 2.38. The minimum Gasteiger partial charge on any atom is -0.496 e. The highest BCUT2D eigenvalue weighted by atomic mass is 16.5. The van der Waals surface area contributed by atoms with Gasteiger partial charge in [0, 0.05) is 29.4 Å². The van der Waals surface area contributed by atoms with Crippen LogP contribution >= 0.6 is 0 Å². The van der Waals surface area contributed by atoms with Crippen LogP contribution in [0, 0.1) is 0 Å². The minimum absolute atomic E-state index is 0.564. The zero-order chi connectivity index (χ0) is 17.8. The van der Waals surface area contributed by atoms with E-state index in [4.69, 9.17) is 15.2 Å². The van der Waals surface area contributed by atoms with Crippen LogP contribution < -0.4 is 15.2 Å². The summed E-state index contributed by atoms with van der Waals surface area (Å²) < 4.78 is 11.5. The summed E-state index contributed by atoms with van der Waals surface area (Å²) >= 11 is 0. The van der Waals surface area contributed by atoms with Crippen LogP contribution in [0.15, 0.2) is 48.7 Å². The van der Waals surface area contributed by atoms with Crippen molar-refractivity contribution in [3.05, 3.63) is 48.7 Å². The fraction of sp³-hybridized carbons (Fsp3) is 0.250. The van der Waals surface area contributed by atoms with E-state index in [1.165, 1.54) is 0 Å². The molecule has 0 aliphatic carbocycles. The van der Waals surface area contributed by atoms with Crippen LogP contribution in [0.5, 0.6) is 11.6 Å². The number of aromatic nitrogens is 1. The third kappa shape index (κ3) is 3.67. The van der Waals surface area contributed by atoms with E-state index in [0.717, 1.165) is 39.9 Å². The summed E-state index contributed by atoms with van der Waals surface area (Å²) in [7, 11) is 5.69. The standard InChI is InChI=1S/C20H23N3O2/c1-23(2)11-12-25-20-19-16(5-4-6-18(19)24-3)17(13-22-20)14-7-9-15(21)10-8-14/h4-10,13H,11-12,21H2,1-3H3. The molecule has 0 saturated carbocycles. The third-order valence-corrected chi connectivity index (χ3v) is 4.06. The molecule has 0 atom stereocenters. The van der Waals surface area contributed by atoms with Gasteiger partial charge in [0.05, 0.1) is 12.5 Å².